The van der Waals surface area contributed by atoms with Gasteiger partial charge in [0, 0.05) is 65.0 Å². The molecule has 3 heterocycles. The van der Waals surface area contributed by atoms with Gasteiger partial charge in [0.25, 0.3) is 0 Å². The van der Waals surface area contributed by atoms with Crippen molar-refractivity contribution in [2.24, 2.45) is 5.92 Å². The van der Waals surface area contributed by atoms with E-state index >= 15 is 0 Å². The van der Waals surface area contributed by atoms with Gasteiger partial charge in [-0.2, -0.15) is 0 Å². The molecule has 2 aliphatic rings. The Labute approximate surface area is 198 Å². The summed E-state index contributed by atoms with van der Waals surface area (Å²) in [6.07, 6.45) is 5.48. The third-order valence-electron chi connectivity index (χ3n) is 7.14. The van der Waals surface area contributed by atoms with Gasteiger partial charge < -0.3 is 9.64 Å². The number of ether oxygens (including phenoxy) is 1. The highest BCUT2D eigenvalue weighted by molar-refractivity contribution is 5.75. The van der Waals surface area contributed by atoms with Gasteiger partial charge in [0.2, 0.25) is 5.91 Å². The lowest BCUT2D eigenvalue weighted by molar-refractivity contribution is -0.130. The molecule has 0 saturated carbocycles. The van der Waals surface area contributed by atoms with Crippen LogP contribution in [0.4, 0.5) is 0 Å². The summed E-state index contributed by atoms with van der Waals surface area (Å²) in [6.45, 7) is 7.42. The molecule has 2 aliphatic heterocycles. The highest BCUT2D eigenvalue weighted by Crippen LogP contribution is 2.28. The maximum atomic E-state index is 12.9. The van der Waals surface area contributed by atoms with Gasteiger partial charge in [-0.15, -0.1) is 0 Å². The second-order valence-electron chi connectivity index (χ2n) is 9.41. The molecule has 0 aliphatic carbocycles. The van der Waals surface area contributed by atoms with Crippen molar-refractivity contribution in [2.45, 2.75) is 38.3 Å². The van der Waals surface area contributed by atoms with Crippen LogP contribution in [-0.4, -0.2) is 84.6 Å². The van der Waals surface area contributed by atoms with Gasteiger partial charge in [-0.25, -0.2) is 0 Å². The molecule has 0 spiro atoms. The lowest BCUT2D eigenvalue weighted by atomic mass is 9.86. The number of morpholine rings is 1. The number of carbonyl (C=O) groups is 1. The van der Waals surface area contributed by atoms with E-state index in [2.05, 4.69) is 51.2 Å². The predicted molar refractivity (Wildman–Crippen MR) is 131 cm³/mol. The Balaban J connectivity index is 1.32. The average molecular weight is 451 g/mol. The van der Waals surface area contributed by atoms with Crippen LogP contribution in [0.1, 0.15) is 30.5 Å². The number of likely N-dealkylation sites (tertiary alicyclic amines) is 1. The van der Waals surface area contributed by atoms with Crippen LogP contribution >= 0.6 is 0 Å². The van der Waals surface area contributed by atoms with Crippen LogP contribution in [0.5, 0.6) is 0 Å². The number of hydrogen-bond donors (Lipinski definition) is 0. The number of aromatic nitrogens is 1. The molecule has 178 valence electrons. The highest BCUT2D eigenvalue weighted by Gasteiger charge is 2.34. The van der Waals surface area contributed by atoms with E-state index in [1.54, 1.807) is 0 Å². The predicted octanol–water partition coefficient (Wildman–Crippen LogP) is 3.09. The first-order valence-corrected chi connectivity index (χ1v) is 12.4. The number of hydrogen-bond acceptors (Lipinski definition) is 5. The van der Waals surface area contributed by atoms with Crippen molar-refractivity contribution in [3.05, 3.63) is 66.0 Å². The van der Waals surface area contributed by atoms with Crippen molar-refractivity contribution < 1.29 is 9.53 Å². The van der Waals surface area contributed by atoms with Crippen molar-refractivity contribution >= 4 is 5.91 Å². The minimum absolute atomic E-state index is 0.258. The highest BCUT2D eigenvalue weighted by atomic mass is 16.5. The molecule has 6 nitrogen and oxygen atoms in total. The van der Waals surface area contributed by atoms with E-state index in [1.807, 2.05) is 30.3 Å². The van der Waals surface area contributed by atoms with Crippen LogP contribution in [0.2, 0.25) is 0 Å². The van der Waals surface area contributed by atoms with Gasteiger partial charge in [-0.05, 0) is 42.9 Å². The number of piperidine rings is 1. The smallest absolute Gasteiger partial charge is 0.222 e. The summed E-state index contributed by atoms with van der Waals surface area (Å²) in [5, 5.41) is 0. The van der Waals surface area contributed by atoms with Gasteiger partial charge in [0.05, 0.1) is 18.9 Å². The third kappa shape index (κ3) is 7.10. The van der Waals surface area contributed by atoms with Crippen LogP contribution in [0.25, 0.3) is 0 Å². The molecule has 33 heavy (non-hydrogen) atoms. The molecule has 2 atom stereocenters. The fraction of sp³-hybridized carbons (Fsp3) is 0.556. The normalized spacial score (nSPS) is 22.2. The number of benzene rings is 1. The van der Waals surface area contributed by atoms with Gasteiger partial charge >= 0.3 is 0 Å². The molecule has 1 aromatic heterocycles. The summed E-state index contributed by atoms with van der Waals surface area (Å²) in [5.41, 5.74) is 2.40. The average Bonchev–Trinajstić information content (AvgIpc) is 2.87. The number of rotatable bonds is 9. The minimum Gasteiger partial charge on any atom is -0.379 e. The van der Waals surface area contributed by atoms with Crippen molar-refractivity contribution in [3.8, 4) is 0 Å². The second-order valence-corrected chi connectivity index (χ2v) is 9.41. The second kappa shape index (κ2) is 12.3. The van der Waals surface area contributed by atoms with Gasteiger partial charge in [0.15, 0.2) is 0 Å². The fourth-order valence-electron chi connectivity index (χ4n) is 5.20. The molecule has 0 N–H and O–H groups in total. The Hall–Kier alpha value is -2.28. The monoisotopic (exact) mass is 450 g/mol. The quantitative estimate of drug-likeness (QED) is 0.588. The number of amides is 1. The molecular weight excluding hydrogens is 412 g/mol. The first kappa shape index (κ1) is 23.9. The van der Waals surface area contributed by atoms with E-state index in [0.29, 0.717) is 18.4 Å². The molecule has 4 rings (SSSR count). The number of carbonyl (C=O) groups excluding carboxylic acids is 1. The zero-order chi connectivity index (χ0) is 22.9. The lowest BCUT2D eigenvalue weighted by Crippen LogP contribution is -2.54. The Kier molecular flexibility index (Phi) is 8.86. The topological polar surface area (TPSA) is 48.9 Å². The summed E-state index contributed by atoms with van der Waals surface area (Å²) < 4.78 is 5.60. The van der Waals surface area contributed by atoms with E-state index in [4.69, 9.17) is 4.74 Å². The molecule has 1 amide bonds. The standard InChI is InChI=1S/C27H38N4O2/c1-29(15-12-23-7-3-2-4-8-23)27(32)11-10-24-21-30(22-25-9-5-6-14-28-25)16-13-26(24)31-17-19-33-20-18-31/h2-9,14,24,26H,10-13,15-22H2,1H3/t24-,26+/m0/s1. The van der Waals surface area contributed by atoms with Crippen LogP contribution < -0.4 is 0 Å². The van der Waals surface area contributed by atoms with Crippen LogP contribution in [0.3, 0.4) is 0 Å². The fourth-order valence-corrected chi connectivity index (χ4v) is 5.20. The largest absolute Gasteiger partial charge is 0.379 e. The van der Waals surface area contributed by atoms with Crippen molar-refractivity contribution in [3.63, 3.8) is 0 Å². The Bertz CT molecular complexity index is 842. The van der Waals surface area contributed by atoms with E-state index in [9.17, 15) is 4.79 Å². The summed E-state index contributed by atoms with van der Waals surface area (Å²) in [4.78, 5) is 24.5. The van der Waals surface area contributed by atoms with Gasteiger partial charge in [-0.3, -0.25) is 19.6 Å². The van der Waals surface area contributed by atoms with Crippen LogP contribution in [0, 0.1) is 5.92 Å². The summed E-state index contributed by atoms with van der Waals surface area (Å²) >= 11 is 0. The van der Waals surface area contributed by atoms with Gasteiger partial charge in [-0.1, -0.05) is 36.4 Å². The molecule has 0 unspecified atom stereocenters. The maximum absolute atomic E-state index is 12.9. The zero-order valence-corrected chi connectivity index (χ0v) is 19.9. The summed E-state index contributed by atoms with van der Waals surface area (Å²) in [7, 11) is 1.94. The first-order chi connectivity index (χ1) is 16.2. The van der Waals surface area contributed by atoms with E-state index in [0.717, 1.165) is 77.4 Å². The van der Waals surface area contributed by atoms with Crippen LogP contribution in [0.15, 0.2) is 54.7 Å². The van der Waals surface area contributed by atoms with Crippen molar-refractivity contribution in [2.75, 3.05) is 53.0 Å². The number of pyridine rings is 1. The summed E-state index contributed by atoms with van der Waals surface area (Å²) in [6, 6.07) is 17.1. The Morgan fingerprint density at radius 1 is 1.09 bits per heavy atom. The molecule has 1 aromatic carbocycles. The first-order valence-electron chi connectivity index (χ1n) is 12.4. The molecule has 2 aromatic rings. The zero-order valence-electron chi connectivity index (χ0n) is 19.9. The Morgan fingerprint density at radius 2 is 1.88 bits per heavy atom. The molecule has 2 fully saturated rings. The number of nitrogens with zero attached hydrogens (tertiary/aromatic N) is 4. The van der Waals surface area contributed by atoms with Crippen LogP contribution in [-0.2, 0) is 22.5 Å². The Morgan fingerprint density at radius 3 is 2.64 bits per heavy atom. The van der Waals surface area contributed by atoms with Crippen molar-refractivity contribution in [1.82, 2.24) is 19.7 Å². The summed E-state index contributed by atoms with van der Waals surface area (Å²) in [5.74, 6) is 0.751. The van der Waals surface area contributed by atoms with E-state index in [-0.39, 0.29) is 5.91 Å². The SMILES string of the molecule is CN(CCc1ccccc1)C(=O)CC[C@H]1CN(Cc2ccccn2)CC[C@H]1N1CCOCC1. The molecular formula is C27H38N4O2. The third-order valence-corrected chi connectivity index (χ3v) is 7.14. The van der Waals surface area contributed by atoms with E-state index in [1.165, 1.54) is 5.56 Å². The van der Waals surface area contributed by atoms with E-state index < -0.39 is 0 Å². The number of likely N-dealkylation sites (N-methyl/N-ethyl adjacent to an activating group) is 1. The molecule has 2 saturated heterocycles. The maximum Gasteiger partial charge on any atom is 0.222 e. The lowest BCUT2D eigenvalue weighted by Gasteiger charge is -2.45. The van der Waals surface area contributed by atoms with Gasteiger partial charge in [0.1, 0.15) is 0 Å². The molecule has 0 bridgehead atoms. The molecule has 6 heteroatoms. The minimum atomic E-state index is 0.258. The molecule has 0 radical (unpaired) electrons. The van der Waals surface area contributed by atoms with Crippen molar-refractivity contribution in [1.29, 1.82) is 0 Å².